The molecule has 0 spiro atoms. The summed E-state index contributed by atoms with van der Waals surface area (Å²) in [5.74, 6) is -0.827. The number of amides is 1. The Kier molecular flexibility index (Phi) is 5.09. The molecule has 136 valence electrons. The van der Waals surface area contributed by atoms with Gasteiger partial charge in [-0.05, 0) is 36.4 Å². The van der Waals surface area contributed by atoms with Gasteiger partial charge in [-0.25, -0.2) is 0 Å². The maximum Gasteiger partial charge on any atom is 0.296 e. The van der Waals surface area contributed by atoms with Crippen molar-refractivity contribution >= 4 is 40.2 Å². The number of benzene rings is 2. The molecule has 0 bridgehead atoms. The summed E-state index contributed by atoms with van der Waals surface area (Å²) < 4.78 is 0. The number of halogens is 1. The molecule has 0 aliphatic rings. The second kappa shape index (κ2) is 7.47. The number of fused-ring (bicyclic) bond motifs is 1. The lowest BCUT2D eigenvalue weighted by Crippen LogP contribution is -2.26. The van der Waals surface area contributed by atoms with E-state index < -0.39 is 22.6 Å². The molecule has 0 aliphatic carbocycles. The van der Waals surface area contributed by atoms with E-state index in [0.717, 1.165) is 12.2 Å². The number of nitrogens with zero attached hydrogens (tertiary/aromatic N) is 1. The minimum atomic E-state index is -0.953. The highest BCUT2D eigenvalue weighted by Crippen LogP contribution is 2.26. The lowest BCUT2D eigenvalue weighted by molar-refractivity contribution is -0.113. The fourth-order valence-electron chi connectivity index (χ4n) is 2.58. The van der Waals surface area contributed by atoms with Crippen LogP contribution in [0.25, 0.3) is 17.0 Å². The number of rotatable bonds is 3. The van der Waals surface area contributed by atoms with Gasteiger partial charge in [0.25, 0.3) is 16.9 Å². The molecule has 0 fully saturated rings. The molecule has 1 aromatic heterocycles. The van der Waals surface area contributed by atoms with Crippen molar-refractivity contribution in [3.05, 3.63) is 85.8 Å². The first-order valence-corrected chi connectivity index (χ1v) is 8.36. The molecule has 0 radical (unpaired) electrons. The van der Waals surface area contributed by atoms with Gasteiger partial charge < -0.3 is 15.0 Å². The number of para-hydroxylation sites is 1. The van der Waals surface area contributed by atoms with Crippen molar-refractivity contribution in [1.29, 1.82) is 0 Å². The van der Waals surface area contributed by atoms with Crippen LogP contribution in [0.2, 0.25) is 5.02 Å². The van der Waals surface area contributed by atoms with Gasteiger partial charge in [0.2, 0.25) is 0 Å². The standard InChI is InChI=1S/C20H15ClN2O4/c1-23(13-5-3-2-4-6-13)17(24)10-9-15-18(25)14-8-7-12(21)11-16(14)22-20(27)19(15)26/h2-11,25H,1H3,(H,22,26,27). The highest BCUT2D eigenvalue weighted by Gasteiger charge is 2.12. The minimum Gasteiger partial charge on any atom is -0.506 e. The van der Waals surface area contributed by atoms with Crippen LogP contribution < -0.4 is 15.9 Å². The van der Waals surface area contributed by atoms with Crippen LogP contribution in [-0.2, 0) is 4.79 Å². The molecule has 0 atom stereocenters. The molecular formula is C20H15ClN2O4. The Labute approximate surface area is 159 Å². The molecule has 1 amide bonds. The Balaban J connectivity index is 2.08. The van der Waals surface area contributed by atoms with E-state index in [9.17, 15) is 19.5 Å². The molecule has 2 aromatic carbocycles. The molecule has 0 saturated heterocycles. The zero-order valence-electron chi connectivity index (χ0n) is 14.3. The Morgan fingerprint density at radius 3 is 2.56 bits per heavy atom. The van der Waals surface area contributed by atoms with Crippen molar-refractivity contribution in [2.45, 2.75) is 0 Å². The Bertz CT molecular complexity index is 1170. The zero-order chi connectivity index (χ0) is 19.6. The van der Waals surface area contributed by atoms with Crippen LogP contribution >= 0.6 is 11.6 Å². The third kappa shape index (κ3) is 3.75. The van der Waals surface area contributed by atoms with Crippen molar-refractivity contribution in [2.75, 3.05) is 11.9 Å². The van der Waals surface area contributed by atoms with Crippen molar-refractivity contribution in [2.24, 2.45) is 0 Å². The number of hydrogen-bond acceptors (Lipinski definition) is 4. The number of carbonyl (C=O) groups is 1. The summed E-state index contributed by atoms with van der Waals surface area (Å²) in [7, 11) is 1.58. The fourth-order valence-corrected chi connectivity index (χ4v) is 2.75. The molecule has 6 nitrogen and oxygen atoms in total. The molecule has 0 aliphatic heterocycles. The summed E-state index contributed by atoms with van der Waals surface area (Å²) in [6.07, 6.45) is 2.27. The quantitative estimate of drug-likeness (QED) is 0.538. The number of anilines is 1. The minimum absolute atomic E-state index is 0.217. The molecule has 7 heteroatoms. The van der Waals surface area contributed by atoms with Gasteiger partial charge in [0, 0.05) is 29.2 Å². The highest BCUT2D eigenvalue weighted by molar-refractivity contribution is 6.31. The van der Waals surface area contributed by atoms with E-state index in [1.807, 2.05) is 6.07 Å². The normalized spacial score (nSPS) is 11.0. The van der Waals surface area contributed by atoms with Gasteiger partial charge in [-0.2, -0.15) is 0 Å². The van der Waals surface area contributed by atoms with Gasteiger partial charge in [0.1, 0.15) is 5.75 Å². The summed E-state index contributed by atoms with van der Waals surface area (Å²) in [5, 5.41) is 11.1. The molecular weight excluding hydrogens is 368 g/mol. The average molecular weight is 383 g/mol. The first-order valence-electron chi connectivity index (χ1n) is 7.98. The molecule has 1 heterocycles. The zero-order valence-corrected chi connectivity index (χ0v) is 15.0. The first kappa shape index (κ1) is 18.4. The van der Waals surface area contributed by atoms with Gasteiger partial charge in [-0.15, -0.1) is 0 Å². The van der Waals surface area contributed by atoms with E-state index in [0.29, 0.717) is 10.7 Å². The number of H-pyrrole nitrogens is 1. The number of hydrogen-bond donors (Lipinski definition) is 2. The monoisotopic (exact) mass is 382 g/mol. The van der Waals surface area contributed by atoms with Gasteiger partial charge in [-0.1, -0.05) is 29.8 Å². The number of nitrogens with one attached hydrogen (secondary N) is 1. The third-order valence-corrected chi connectivity index (χ3v) is 4.29. The predicted molar refractivity (Wildman–Crippen MR) is 106 cm³/mol. The van der Waals surface area contributed by atoms with Crippen LogP contribution in [0.1, 0.15) is 5.56 Å². The smallest absolute Gasteiger partial charge is 0.296 e. The van der Waals surface area contributed by atoms with E-state index >= 15 is 0 Å². The van der Waals surface area contributed by atoms with Gasteiger partial charge >= 0.3 is 0 Å². The van der Waals surface area contributed by atoms with Crippen LogP contribution in [0.4, 0.5) is 5.69 Å². The Morgan fingerprint density at radius 2 is 1.85 bits per heavy atom. The van der Waals surface area contributed by atoms with Crippen molar-refractivity contribution in [3.8, 4) is 5.75 Å². The Morgan fingerprint density at radius 1 is 1.15 bits per heavy atom. The highest BCUT2D eigenvalue weighted by atomic mass is 35.5. The van der Waals surface area contributed by atoms with Crippen molar-refractivity contribution in [1.82, 2.24) is 4.98 Å². The lowest BCUT2D eigenvalue weighted by atomic mass is 10.1. The summed E-state index contributed by atoms with van der Waals surface area (Å²) in [4.78, 5) is 40.5. The number of aromatic nitrogens is 1. The fraction of sp³-hybridized carbons (Fsp3) is 0.0500. The molecule has 0 unspecified atom stereocenters. The lowest BCUT2D eigenvalue weighted by Gasteiger charge is -2.14. The Hall–Kier alpha value is -3.38. The second-order valence-electron chi connectivity index (χ2n) is 5.80. The van der Waals surface area contributed by atoms with Gasteiger partial charge in [0.15, 0.2) is 0 Å². The van der Waals surface area contributed by atoms with Crippen LogP contribution in [0.5, 0.6) is 5.75 Å². The number of likely N-dealkylation sites (N-methyl/N-ethyl adjacent to an activating group) is 1. The summed E-state index contributed by atoms with van der Waals surface area (Å²) in [6, 6.07) is 13.4. The summed E-state index contributed by atoms with van der Waals surface area (Å²) in [5.41, 5.74) is -1.27. The maximum absolute atomic E-state index is 12.4. The predicted octanol–water partition coefficient (Wildman–Crippen LogP) is 2.92. The van der Waals surface area contributed by atoms with Crippen LogP contribution in [0, 0.1) is 0 Å². The van der Waals surface area contributed by atoms with Gasteiger partial charge in [0.05, 0.1) is 11.1 Å². The molecule has 3 aromatic rings. The first-order chi connectivity index (χ1) is 12.9. The summed E-state index contributed by atoms with van der Waals surface area (Å²) in [6.45, 7) is 0. The maximum atomic E-state index is 12.4. The van der Waals surface area contributed by atoms with Gasteiger partial charge in [-0.3, -0.25) is 14.4 Å². The van der Waals surface area contributed by atoms with E-state index in [2.05, 4.69) is 4.98 Å². The van der Waals surface area contributed by atoms with Crippen LogP contribution in [0.15, 0.2) is 64.2 Å². The van der Waals surface area contributed by atoms with E-state index in [-0.39, 0.29) is 16.5 Å². The molecule has 0 saturated carbocycles. The van der Waals surface area contributed by atoms with Crippen molar-refractivity contribution in [3.63, 3.8) is 0 Å². The average Bonchev–Trinajstić information content (AvgIpc) is 2.75. The summed E-state index contributed by atoms with van der Waals surface area (Å²) >= 11 is 5.90. The molecule has 2 N–H and O–H groups in total. The third-order valence-electron chi connectivity index (χ3n) is 4.06. The van der Waals surface area contributed by atoms with Crippen LogP contribution in [0.3, 0.4) is 0 Å². The number of aromatic amines is 1. The SMILES string of the molecule is CN(C(=O)C=Cc1c(O)c2ccc(Cl)cc2[nH]c(=O)c1=O)c1ccccc1. The number of carbonyl (C=O) groups excluding carboxylic acids is 1. The van der Waals surface area contributed by atoms with E-state index in [1.54, 1.807) is 31.3 Å². The van der Waals surface area contributed by atoms with Crippen molar-refractivity contribution < 1.29 is 9.90 Å². The largest absolute Gasteiger partial charge is 0.506 e. The van der Waals surface area contributed by atoms with Crippen LogP contribution in [-0.4, -0.2) is 23.0 Å². The second-order valence-corrected chi connectivity index (χ2v) is 6.24. The topological polar surface area (TPSA) is 90.5 Å². The molecule has 3 rings (SSSR count). The molecule has 27 heavy (non-hydrogen) atoms. The van der Waals surface area contributed by atoms with E-state index in [4.69, 9.17) is 11.6 Å². The van der Waals surface area contributed by atoms with E-state index in [1.165, 1.54) is 23.1 Å². The number of aromatic hydroxyl groups is 1.